The second-order valence-corrected chi connectivity index (χ2v) is 8.71. The molecule has 1 aliphatic rings. The predicted molar refractivity (Wildman–Crippen MR) is 110 cm³/mol. The second kappa shape index (κ2) is 12.1. The molecule has 3 N–H and O–H groups in total. The van der Waals surface area contributed by atoms with Crippen LogP contribution in [0.5, 0.6) is 0 Å². The molecule has 31 heavy (non-hydrogen) atoms. The van der Waals surface area contributed by atoms with Gasteiger partial charge in [0.25, 0.3) is 11.1 Å². The summed E-state index contributed by atoms with van der Waals surface area (Å²) in [6, 6.07) is 0. The molecule has 1 saturated heterocycles. The monoisotopic (exact) mass is 462 g/mol. The molecule has 0 aromatic rings. The lowest BCUT2D eigenvalue weighted by Gasteiger charge is -2.46. The van der Waals surface area contributed by atoms with Crippen molar-refractivity contribution in [3.63, 3.8) is 0 Å². The van der Waals surface area contributed by atoms with Crippen LogP contribution >= 0.6 is 11.8 Å². The third-order valence-corrected chi connectivity index (χ3v) is 5.42. The number of hydrogen-bond acceptors (Lipinski definition) is 9. The number of carboxylic acid groups (broad SMARTS) is 1. The third-order valence-electron chi connectivity index (χ3n) is 4.46. The number of rotatable bonds is 12. The molecule has 1 unspecified atom stereocenters. The number of ether oxygens (including phenoxy) is 3. The predicted octanol–water partition coefficient (Wildman–Crippen LogP) is 0.0643. The van der Waals surface area contributed by atoms with E-state index in [1.165, 1.54) is 14.0 Å². The van der Waals surface area contributed by atoms with E-state index in [4.69, 9.17) is 19.3 Å². The van der Waals surface area contributed by atoms with Crippen molar-refractivity contribution in [3.05, 3.63) is 0 Å². The number of carboxylic acids is 1. The summed E-state index contributed by atoms with van der Waals surface area (Å²) in [5, 5.41) is 13.6. The molecule has 0 saturated carbocycles. The van der Waals surface area contributed by atoms with Gasteiger partial charge in [-0.3, -0.25) is 24.0 Å². The highest BCUT2D eigenvalue weighted by Gasteiger charge is 2.50. The molecule has 12 heteroatoms. The fraction of sp³-hybridized carbons (Fsp3) is 0.737. The van der Waals surface area contributed by atoms with Crippen molar-refractivity contribution >= 4 is 40.4 Å². The van der Waals surface area contributed by atoms with E-state index in [0.717, 1.165) is 11.8 Å². The van der Waals surface area contributed by atoms with Gasteiger partial charge < -0.3 is 30.0 Å². The average molecular weight is 463 g/mol. The molecule has 1 aliphatic heterocycles. The minimum Gasteiger partial charge on any atom is -0.481 e. The van der Waals surface area contributed by atoms with Gasteiger partial charge >= 0.3 is 5.97 Å². The van der Waals surface area contributed by atoms with E-state index in [-0.39, 0.29) is 50.6 Å². The van der Waals surface area contributed by atoms with Crippen LogP contribution in [0, 0.1) is 5.41 Å². The van der Waals surface area contributed by atoms with Crippen LogP contribution in [0.2, 0.25) is 0 Å². The van der Waals surface area contributed by atoms with Gasteiger partial charge in [-0.05, 0) is 0 Å². The van der Waals surface area contributed by atoms with E-state index in [9.17, 15) is 24.0 Å². The number of carbonyl (C=O) groups excluding carboxylic acids is 4. The first-order valence-electron chi connectivity index (χ1n) is 9.73. The normalized spacial score (nSPS) is 22.4. The first-order chi connectivity index (χ1) is 14.4. The van der Waals surface area contributed by atoms with E-state index in [0.29, 0.717) is 0 Å². The lowest BCUT2D eigenvalue weighted by Crippen LogP contribution is -2.59. The van der Waals surface area contributed by atoms with Gasteiger partial charge in [0.2, 0.25) is 17.6 Å². The summed E-state index contributed by atoms with van der Waals surface area (Å²) in [5.74, 6) is -3.75. The Morgan fingerprint density at radius 2 is 1.81 bits per heavy atom. The van der Waals surface area contributed by atoms with Crippen LogP contribution < -0.4 is 10.6 Å². The summed E-state index contributed by atoms with van der Waals surface area (Å²) in [6.07, 6.45) is -1.33. The molecule has 0 bridgehead atoms. The van der Waals surface area contributed by atoms with Gasteiger partial charge in [-0.2, -0.15) is 0 Å². The Bertz CT molecular complexity index is 698. The summed E-state index contributed by atoms with van der Waals surface area (Å²) < 4.78 is 16.6. The Morgan fingerprint density at radius 3 is 2.39 bits per heavy atom. The number of nitrogens with one attached hydrogen (secondary N) is 2. The van der Waals surface area contributed by atoms with Crippen LogP contribution in [0.25, 0.3) is 0 Å². The largest absolute Gasteiger partial charge is 0.481 e. The van der Waals surface area contributed by atoms with Crippen molar-refractivity contribution in [2.75, 3.05) is 32.6 Å². The number of methoxy groups -OCH3 is 1. The highest BCUT2D eigenvalue weighted by atomic mass is 32.2. The minimum absolute atomic E-state index is 0.00907. The molecular weight excluding hydrogens is 432 g/mol. The maximum Gasteiger partial charge on any atom is 0.303 e. The lowest BCUT2D eigenvalue weighted by molar-refractivity contribution is -0.425. The van der Waals surface area contributed by atoms with Crippen molar-refractivity contribution in [1.29, 1.82) is 0 Å². The zero-order valence-electron chi connectivity index (χ0n) is 18.1. The first kappa shape index (κ1) is 27.0. The zero-order valence-corrected chi connectivity index (χ0v) is 19.0. The quantitative estimate of drug-likeness (QED) is 0.268. The van der Waals surface area contributed by atoms with E-state index < -0.39 is 40.3 Å². The number of Topliss-reactive ketones (excluding diaryl/α,β-unsaturated/α-hetero) is 1. The molecule has 0 radical (unpaired) electrons. The maximum absolute atomic E-state index is 12.7. The van der Waals surface area contributed by atoms with Crippen LogP contribution in [0.4, 0.5) is 0 Å². The van der Waals surface area contributed by atoms with Crippen LogP contribution in [-0.4, -0.2) is 78.4 Å². The van der Waals surface area contributed by atoms with Crippen LogP contribution in [0.3, 0.4) is 0 Å². The number of thioether (sulfide) groups is 1. The molecule has 2 amide bonds. The summed E-state index contributed by atoms with van der Waals surface area (Å²) in [5.41, 5.74) is -0.710. The number of ketones is 1. The van der Waals surface area contributed by atoms with Crippen LogP contribution in [0.15, 0.2) is 0 Å². The molecule has 11 nitrogen and oxygen atoms in total. The van der Waals surface area contributed by atoms with E-state index in [1.54, 1.807) is 13.8 Å². The Kier molecular flexibility index (Phi) is 10.6. The van der Waals surface area contributed by atoms with Crippen molar-refractivity contribution < 1.29 is 43.3 Å². The van der Waals surface area contributed by atoms with E-state index in [1.807, 2.05) is 0 Å². The van der Waals surface area contributed by atoms with Crippen LogP contribution in [0.1, 0.15) is 40.0 Å². The summed E-state index contributed by atoms with van der Waals surface area (Å²) in [6.45, 7) is 5.09. The van der Waals surface area contributed by atoms with Crippen molar-refractivity contribution in [2.45, 2.75) is 52.1 Å². The number of hydrogen-bond donors (Lipinski definition) is 3. The molecular formula is C19H30N2O9S. The lowest BCUT2D eigenvalue weighted by atomic mass is 9.85. The highest BCUT2D eigenvalue weighted by molar-refractivity contribution is 8.15. The molecule has 1 rings (SSSR count). The topological polar surface area (TPSA) is 157 Å². The zero-order chi connectivity index (χ0) is 23.7. The first-order valence-corrected chi connectivity index (χ1v) is 10.7. The fourth-order valence-electron chi connectivity index (χ4n) is 2.67. The number of amides is 2. The van der Waals surface area contributed by atoms with Crippen molar-refractivity contribution in [2.24, 2.45) is 5.41 Å². The van der Waals surface area contributed by atoms with E-state index in [2.05, 4.69) is 10.6 Å². The van der Waals surface area contributed by atoms with Gasteiger partial charge in [-0.1, -0.05) is 25.6 Å². The Labute approximate surface area is 184 Å². The molecule has 2 atom stereocenters. The standard InChI is InChI=1S/C19H30N2O9S/c1-12(22)17(27)31-10-9-20-13(23)6-8-21-16(26)15-18(2,3)11-29-19(28-4,30-15)7-5-14(24)25/h15H,5-11H2,1-4H3,(H,20,23)(H,21,26)(H,24,25)/t15-,19?/m0/s1. The number of aliphatic carboxylic acids is 1. The van der Waals surface area contributed by atoms with Gasteiger partial charge in [-0.25, -0.2) is 0 Å². The molecule has 176 valence electrons. The van der Waals surface area contributed by atoms with Gasteiger partial charge in [0.05, 0.1) is 13.0 Å². The summed E-state index contributed by atoms with van der Waals surface area (Å²) >= 11 is 0.831. The summed E-state index contributed by atoms with van der Waals surface area (Å²) in [7, 11) is 1.31. The second-order valence-electron chi connectivity index (χ2n) is 7.64. The van der Waals surface area contributed by atoms with Gasteiger partial charge in [-0.15, -0.1) is 0 Å². The molecule has 1 fully saturated rings. The fourth-order valence-corrected chi connectivity index (χ4v) is 3.26. The molecule has 0 aromatic heterocycles. The van der Waals surface area contributed by atoms with Crippen molar-refractivity contribution in [3.8, 4) is 0 Å². The minimum atomic E-state index is -1.64. The van der Waals surface area contributed by atoms with Crippen LogP contribution in [-0.2, 0) is 38.2 Å². The molecule has 1 heterocycles. The van der Waals surface area contributed by atoms with Gasteiger partial charge in [0.15, 0.2) is 0 Å². The van der Waals surface area contributed by atoms with E-state index >= 15 is 0 Å². The van der Waals surface area contributed by atoms with Crippen molar-refractivity contribution in [1.82, 2.24) is 10.6 Å². The average Bonchev–Trinajstić information content (AvgIpc) is 2.70. The third kappa shape index (κ3) is 8.93. The highest BCUT2D eigenvalue weighted by Crippen LogP contribution is 2.38. The molecule has 0 aromatic carbocycles. The molecule has 0 spiro atoms. The molecule has 0 aliphatic carbocycles. The smallest absolute Gasteiger partial charge is 0.303 e. The SMILES string of the molecule is COC1(CCC(=O)O)OCC(C)(C)[C@H](C(=O)NCCC(=O)NCCSC(=O)C(C)=O)O1. The van der Waals surface area contributed by atoms with Gasteiger partial charge in [0, 0.05) is 51.1 Å². The summed E-state index contributed by atoms with van der Waals surface area (Å²) in [4.78, 5) is 57.4. The maximum atomic E-state index is 12.7. The Hall–Kier alpha value is -2.02. The number of carbonyl (C=O) groups is 5. The Morgan fingerprint density at radius 1 is 1.13 bits per heavy atom. The Balaban J connectivity index is 2.49. The van der Waals surface area contributed by atoms with Gasteiger partial charge in [0.1, 0.15) is 6.10 Å².